The summed E-state index contributed by atoms with van der Waals surface area (Å²) >= 11 is 0. The van der Waals surface area contributed by atoms with Crippen molar-refractivity contribution in [1.29, 1.82) is 0 Å². The zero-order chi connectivity index (χ0) is 15.3. The topological polar surface area (TPSA) is 24.9 Å². The predicted octanol–water partition coefficient (Wildman–Crippen LogP) is 3.24. The van der Waals surface area contributed by atoms with Gasteiger partial charge in [0, 0.05) is 25.3 Å². The fourth-order valence-corrected chi connectivity index (χ4v) is 8.03. The first-order chi connectivity index (χ1) is 10.2. The van der Waals surface area contributed by atoms with Gasteiger partial charge in [-0.15, -0.1) is 0 Å². The molecule has 0 aromatic rings. The van der Waals surface area contributed by atoms with Gasteiger partial charge in [0.25, 0.3) is 0 Å². The molecule has 4 nitrogen and oxygen atoms in total. The fourth-order valence-electron chi connectivity index (χ4n) is 3.95. The molecule has 2 saturated heterocycles. The van der Waals surface area contributed by atoms with E-state index < -0.39 is 8.88 Å². The van der Waals surface area contributed by atoms with Crippen LogP contribution in [0.1, 0.15) is 66.2 Å². The summed E-state index contributed by atoms with van der Waals surface area (Å²) in [6.45, 7) is 12.7. The molecule has 0 saturated carbocycles. The van der Waals surface area contributed by atoms with Crippen LogP contribution >= 0.6 is 0 Å². The largest absolute Gasteiger partial charge is 0.522 e. The van der Waals surface area contributed by atoms with E-state index in [1.54, 1.807) is 0 Å². The summed E-state index contributed by atoms with van der Waals surface area (Å²) in [7, 11) is -2.45. The molecule has 0 N–H and O–H groups in total. The van der Waals surface area contributed by atoms with Crippen molar-refractivity contribution in [1.82, 2.24) is 9.13 Å². The van der Waals surface area contributed by atoms with E-state index in [4.69, 9.17) is 8.85 Å². The van der Waals surface area contributed by atoms with E-state index >= 15 is 0 Å². The van der Waals surface area contributed by atoms with Crippen LogP contribution < -0.4 is 0 Å². The molecule has 2 rings (SSSR count). The van der Waals surface area contributed by atoms with E-state index in [1.807, 2.05) is 0 Å². The molecule has 2 aliphatic heterocycles. The van der Waals surface area contributed by atoms with Crippen molar-refractivity contribution < 1.29 is 8.85 Å². The minimum Gasteiger partial charge on any atom is -0.371 e. The minimum absolute atomic E-state index is 0.581. The molecular weight excluding hydrogens is 280 g/mol. The number of hydrogen-bond donors (Lipinski definition) is 0. The molecule has 0 amide bonds. The van der Waals surface area contributed by atoms with E-state index in [0.717, 1.165) is 26.3 Å². The molecule has 5 heteroatoms. The molecule has 0 aromatic carbocycles. The third-order valence-corrected chi connectivity index (χ3v) is 9.11. The SMILES string of the molecule is CCO[Si](OCC)(N1CCCCC1C)N1CCCCC1C. The van der Waals surface area contributed by atoms with Gasteiger partial charge in [-0.1, -0.05) is 12.8 Å². The van der Waals surface area contributed by atoms with Crippen LogP contribution in [0.4, 0.5) is 0 Å². The van der Waals surface area contributed by atoms with Crippen LogP contribution in [0.3, 0.4) is 0 Å². The Morgan fingerprint density at radius 3 is 1.57 bits per heavy atom. The maximum Gasteiger partial charge on any atom is 0.522 e. The molecular formula is C16H34N2O2Si. The summed E-state index contributed by atoms with van der Waals surface area (Å²) in [5.74, 6) is 0. The standard InChI is InChI=1S/C16H34N2O2Si/c1-5-19-21(20-6-2,17-13-9-7-11-15(17)3)18-14-10-8-12-16(18)4/h15-16H,5-14H2,1-4H3. The van der Waals surface area contributed by atoms with E-state index in [1.165, 1.54) is 38.5 Å². The summed E-state index contributed by atoms with van der Waals surface area (Å²) in [6.07, 6.45) is 7.79. The van der Waals surface area contributed by atoms with E-state index in [9.17, 15) is 0 Å². The van der Waals surface area contributed by atoms with Gasteiger partial charge in [-0.05, 0) is 66.5 Å². The highest BCUT2D eigenvalue weighted by Gasteiger charge is 2.55. The lowest BCUT2D eigenvalue weighted by Gasteiger charge is -2.52. The Bertz CT molecular complexity index is 287. The minimum atomic E-state index is -2.45. The highest BCUT2D eigenvalue weighted by atomic mass is 28.4. The van der Waals surface area contributed by atoms with Gasteiger partial charge < -0.3 is 8.85 Å². The molecule has 2 aliphatic rings. The Labute approximate surface area is 132 Å². The van der Waals surface area contributed by atoms with Crippen molar-refractivity contribution in [3.05, 3.63) is 0 Å². The third-order valence-electron chi connectivity index (χ3n) is 5.00. The maximum absolute atomic E-state index is 6.46. The van der Waals surface area contributed by atoms with Gasteiger partial charge in [-0.2, -0.15) is 0 Å². The van der Waals surface area contributed by atoms with Gasteiger partial charge in [0.15, 0.2) is 0 Å². The lowest BCUT2D eigenvalue weighted by molar-refractivity contribution is 0.0205. The highest BCUT2D eigenvalue weighted by Crippen LogP contribution is 2.32. The third kappa shape index (κ3) is 3.70. The highest BCUT2D eigenvalue weighted by molar-refractivity contribution is 6.61. The molecule has 0 bridgehead atoms. The van der Waals surface area contributed by atoms with Crippen LogP contribution in [0.2, 0.25) is 0 Å². The molecule has 0 aliphatic carbocycles. The van der Waals surface area contributed by atoms with Crippen molar-refractivity contribution in [3.8, 4) is 0 Å². The molecule has 0 spiro atoms. The van der Waals surface area contributed by atoms with Crippen LogP contribution in [0, 0.1) is 0 Å². The molecule has 0 aromatic heterocycles. The van der Waals surface area contributed by atoms with Crippen molar-refractivity contribution >= 4 is 8.88 Å². The van der Waals surface area contributed by atoms with Crippen molar-refractivity contribution in [2.24, 2.45) is 0 Å². The molecule has 2 fully saturated rings. The Morgan fingerprint density at radius 2 is 1.24 bits per heavy atom. The summed E-state index contributed by atoms with van der Waals surface area (Å²) in [5, 5.41) is 0. The van der Waals surface area contributed by atoms with Crippen molar-refractivity contribution in [2.75, 3.05) is 26.3 Å². The van der Waals surface area contributed by atoms with Crippen LogP contribution in [0.5, 0.6) is 0 Å². The molecule has 2 atom stereocenters. The number of nitrogens with zero attached hydrogens (tertiary/aromatic N) is 2. The van der Waals surface area contributed by atoms with Gasteiger partial charge in [-0.3, -0.25) is 9.13 Å². The van der Waals surface area contributed by atoms with Crippen LogP contribution in [-0.4, -0.2) is 56.4 Å². The average Bonchev–Trinajstić information content (AvgIpc) is 2.48. The van der Waals surface area contributed by atoms with E-state index in [0.29, 0.717) is 12.1 Å². The fraction of sp³-hybridized carbons (Fsp3) is 1.00. The van der Waals surface area contributed by atoms with Gasteiger partial charge >= 0.3 is 8.88 Å². The van der Waals surface area contributed by atoms with E-state index in [-0.39, 0.29) is 0 Å². The number of piperidine rings is 2. The summed E-state index contributed by atoms with van der Waals surface area (Å²) < 4.78 is 18.1. The first-order valence-corrected chi connectivity index (χ1v) is 10.7. The van der Waals surface area contributed by atoms with Gasteiger partial charge in [0.2, 0.25) is 0 Å². The molecule has 2 unspecified atom stereocenters. The van der Waals surface area contributed by atoms with Crippen LogP contribution in [-0.2, 0) is 8.85 Å². The van der Waals surface area contributed by atoms with Gasteiger partial charge in [-0.25, -0.2) is 0 Å². The van der Waals surface area contributed by atoms with Gasteiger partial charge in [0.1, 0.15) is 0 Å². The van der Waals surface area contributed by atoms with E-state index in [2.05, 4.69) is 36.8 Å². The number of rotatable bonds is 6. The molecule has 2 heterocycles. The van der Waals surface area contributed by atoms with Crippen LogP contribution in [0.15, 0.2) is 0 Å². The zero-order valence-electron chi connectivity index (χ0n) is 14.4. The lowest BCUT2D eigenvalue weighted by Crippen LogP contribution is -2.74. The monoisotopic (exact) mass is 314 g/mol. The number of hydrogen-bond acceptors (Lipinski definition) is 4. The normalized spacial score (nSPS) is 29.7. The predicted molar refractivity (Wildman–Crippen MR) is 89.0 cm³/mol. The summed E-state index contributed by atoms with van der Waals surface area (Å²) in [4.78, 5) is 0. The lowest BCUT2D eigenvalue weighted by atomic mass is 10.1. The van der Waals surface area contributed by atoms with Crippen LogP contribution in [0.25, 0.3) is 0 Å². The zero-order valence-corrected chi connectivity index (χ0v) is 15.4. The van der Waals surface area contributed by atoms with Gasteiger partial charge in [0.05, 0.1) is 0 Å². The summed E-state index contributed by atoms with van der Waals surface area (Å²) in [5.41, 5.74) is 0. The second kappa shape index (κ2) is 8.06. The first-order valence-electron chi connectivity index (χ1n) is 8.97. The second-order valence-corrected chi connectivity index (χ2v) is 9.31. The molecule has 124 valence electrons. The Balaban J connectivity index is 2.30. The Kier molecular flexibility index (Phi) is 6.68. The first kappa shape index (κ1) is 17.4. The average molecular weight is 315 g/mol. The van der Waals surface area contributed by atoms with Crippen molar-refractivity contribution in [3.63, 3.8) is 0 Å². The smallest absolute Gasteiger partial charge is 0.371 e. The molecule has 21 heavy (non-hydrogen) atoms. The Morgan fingerprint density at radius 1 is 0.810 bits per heavy atom. The quantitative estimate of drug-likeness (QED) is 0.703. The maximum atomic E-state index is 6.46. The Hall–Kier alpha value is 0.0569. The molecule has 0 radical (unpaired) electrons. The second-order valence-electron chi connectivity index (χ2n) is 6.49. The van der Waals surface area contributed by atoms with Crippen molar-refractivity contribution in [2.45, 2.75) is 78.3 Å². The summed E-state index contributed by atoms with van der Waals surface area (Å²) in [6, 6.07) is 1.16.